The van der Waals surface area contributed by atoms with Crippen molar-refractivity contribution < 1.29 is 0 Å². The molecule has 0 radical (unpaired) electrons. The van der Waals surface area contributed by atoms with Gasteiger partial charge in [-0.2, -0.15) is 0 Å². The maximum atomic E-state index is 4.49. The molecule has 30 heavy (non-hydrogen) atoms. The Morgan fingerprint density at radius 3 is 2.50 bits per heavy atom. The van der Waals surface area contributed by atoms with Crippen LogP contribution in [0.4, 0.5) is 0 Å². The van der Waals surface area contributed by atoms with Crippen molar-refractivity contribution in [1.82, 2.24) is 25.2 Å². The van der Waals surface area contributed by atoms with E-state index in [4.69, 9.17) is 0 Å². The molecule has 0 bridgehead atoms. The highest BCUT2D eigenvalue weighted by Gasteiger charge is 2.06. The Morgan fingerprint density at radius 1 is 0.900 bits per heavy atom. The highest BCUT2D eigenvalue weighted by Crippen LogP contribution is 2.15. The molecule has 4 rings (SSSR count). The molecule has 0 amide bonds. The Hall–Kier alpha value is -2.94. The van der Waals surface area contributed by atoms with Crippen molar-refractivity contribution in [3.05, 3.63) is 96.2 Å². The van der Waals surface area contributed by atoms with Crippen LogP contribution in [0.15, 0.2) is 84.2 Å². The van der Waals surface area contributed by atoms with Gasteiger partial charge in [0.05, 0.1) is 12.1 Å². The first-order valence-electron chi connectivity index (χ1n) is 9.64. The number of nitrogens with zero attached hydrogens (tertiary/aromatic N) is 4. The van der Waals surface area contributed by atoms with Gasteiger partial charge in [-0.1, -0.05) is 48.5 Å². The Morgan fingerprint density at radius 2 is 1.67 bits per heavy atom. The smallest absolute Gasteiger partial charge is 0.191 e. The molecule has 7 heteroatoms. The van der Waals surface area contributed by atoms with Crippen molar-refractivity contribution >= 4 is 40.8 Å². The lowest BCUT2D eigenvalue weighted by Gasteiger charge is -2.14. The van der Waals surface area contributed by atoms with Crippen molar-refractivity contribution in [2.75, 3.05) is 7.05 Å². The predicted molar refractivity (Wildman–Crippen MR) is 132 cm³/mol. The van der Waals surface area contributed by atoms with Crippen molar-refractivity contribution in [3.8, 4) is 0 Å². The third kappa shape index (κ3) is 5.35. The molecule has 0 aliphatic rings. The number of para-hydroxylation sites is 1. The van der Waals surface area contributed by atoms with Crippen molar-refractivity contribution in [3.63, 3.8) is 0 Å². The zero-order chi connectivity index (χ0) is 19.9. The van der Waals surface area contributed by atoms with E-state index in [1.165, 1.54) is 11.1 Å². The first-order valence-corrected chi connectivity index (χ1v) is 9.64. The molecule has 0 saturated carbocycles. The predicted octanol–water partition coefficient (Wildman–Crippen LogP) is 3.96. The zero-order valence-corrected chi connectivity index (χ0v) is 19.2. The van der Waals surface area contributed by atoms with Gasteiger partial charge in [0.1, 0.15) is 5.82 Å². The second-order valence-corrected chi connectivity index (χ2v) is 6.72. The Bertz CT molecular complexity index is 1100. The third-order valence-corrected chi connectivity index (χ3v) is 4.82. The van der Waals surface area contributed by atoms with E-state index in [1.807, 2.05) is 48.9 Å². The Labute approximate surface area is 193 Å². The summed E-state index contributed by atoms with van der Waals surface area (Å²) >= 11 is 0. The number of halogens is 1. The molecule has 0 aliphatic heterocycles. The molecule has 6 nitrogen and oxygen atoms in total. The third-order valence-electron chi connectivity index (χ3n) is 4.82. The number of imidazole rings is 1. The van der Waals surface area contributed by atoms with Gasteiger partial charge in [0.15, 0.2) is 5.96 Å². The first-order chi connectivity index (χ1) is 14.3. The molecule has 4 aromatic rings. The average molecular weight is 512 g/mol. The molecule has 2 heterocycles. The van der Waals surface area contributed by atoms with Crippen LogP contribution in [0.1, 0.15) is 17.0 Å². The van der Waals surface area contributed by atoms with Crippen LogP contribution in [0.3, 0.4) is 0 Å². The molecule has 0 spiro atoms. The minimum atomic E-state index is 0. The zero-order valence-electron chi connectivity index (χ0n) is 16.8. The van der Waals surface area contributed by atoms with Gasteiger partial charge in [-0.15, -0.1) is 24.0 Å². The van der Waals surface area contributed by atoms with Crippen LogP contribution in [-0.4, -0.2) is 27.5 Å². The van der Waals surface area contributed by atoms with Crippen molar-refractivity contribution in [1.29, 1.82) is 0 Å². The second-order valence-electron chi connectivity index (χ2n) is 6.72. The van der Waals surface area contributed by atoms with Gasteiger partial charge in [0.2, 0.25) is 0 Å². The first kappa shape index (κ1) is 21.8. The largest absolute Gasteiger partial charge is 0.352 e. The minimum absolute atomic E-state index is 0. The highest BCUT2D eigenvalue weighted by atomic mass is 127. The number of guanidine groups is 1. The summed E-state index contributed by atoms with van der Waals surface area (Å²) in [4.78, 5) is 13.2. The fourth-order valence-electron chi connectivity index (χ4n) is 3.30. The number of hydrogen-bond acceptors (Lipinski definition) is 3. The summed E-state index contributed by atoms with van der Waals surface area (Å²) in [5.41, 5.74) is 3.43. The normalized spacial score (nSPS) is 11.2. The second kappa shape index (κ2) is 10.7. The van der Waals surface area contributed by atoms with E-state index in [0.717, 1.165) is 29.2 Å². The van der Waals surface area contributed by atoms with Crippen molar-refractivity contribution in [2.24, 2.45) is 4.99 Å². The molecule has 2 aromatic heterocycles. The number of benzene rings is 2. The minimum Gasteiger partial charge on any atom is -0.352 e. The molecule has 0 aliphatic carbocycles. The monoisotopic (exact) mass is 512 g/mol. The highest BCUT2D eigenvalue weighted by molar-refractivity contribution is 14.0. The topological polar surface area (TPSA) is 67.1 Å². The number of aromatic nitrogens is 3. The van der Waals surface area contributed by atoms with Crippen LogP contribution in [0.2, 0.25) is 0 Å². The number of nitrogens with one attached hydrogen (secondary N) is 2. The van der Waals surface area contributed by atoms with E-state index in [0.29, 0.717) is 13.1 Å². The van der Waals surface area contributed by atoms with Gasteiger partial charge in [-0.05, 0) is 23.3 Å². The fraction of sp³-hybridized carbons (Fsp3) is 0.174. The molecule has 0 saturated heterocycles. The lowest BCUT2D eigenvalue weighted by molar-refractivity contribution is 0.688. The van der Waals surface area contributed by atoms with E-state index in [1.54, 1.807) is 7.05 Å². The number of aliphatic imine (C=N–C) groups is 1. The summed E-state index contributed by atoms with van der Waals surface area (Å²) in [6.07, 6.45) is 5.68. The lowest BCUT2D eigenvalue weighted by Crippen LogP contribution is -2.37. The molecule has 2 aromatic carbocycles. The van der Waals surface area contributed by atoms with E-state index >= 15 is 0 Å². The summed E-state index contributed by atoms with van der Waals surface area (Å²) in [6.45, 7) is 2.06. The molecule has 0 unspecified atom stereocenters. The maximum absolute atomic E-state index is 4.49. The van der Waals surface area contributed by atoms with Crippen LogP contribution >= 0.6 is 24.0 Å². The van der Waals surface area contributed by atoms with Crippen LogP contribution in [-0.2, 0) is 19.6 Å². The van der Waals surface area contributed by atoms with Crippen LogP contribution in [0, 0.1) is 0 Å². The molecule has 0 fully saturated rings. The molecular weight excluding hydrogens is 487 g/mol. The summed E-state index contributed by atoms with van der Waals surface area (Å²) in [5, 5.41) is 7.89. The summed E-state index contributed by atoms with van der Waals surface area (Å²) < 4.78 is 2.14. The van der Waals surface area contributed by atoms with Gasteiger partial charge >= 0.3 is 0 Å². The quantitative estimate of drug-likeness (QED) is 0.233. The Kier molecular flexibility index (Phi) is 7.78. The Balaban J connectivity index is 0.00000256. The van der Waals surface area contributed by atoms with Gasteiger partial charge < -0.3 is 15.2 Å². The van der Waals surface area contributed by atoms with Gasteiger partial charge in [-0.25, -0.2) is 4.98 Å². The summed E-state index contributed by atoms with van der Waals surface area (Å²) in [6, 6.07) is 20.6. The van der Waals surface area contributed by atoms with Crippen LogP contribution in [0.5, 0.6) is 0 Å². The number of fused-ring (bicyclic) bond motifs is 1. The van der Waals surface area contributed by atoms with E-state index in [2.05, 4.69) is 60.5 Å². The number of hydrogen-bond donors (Lipinski definition) is 2. The van der Waals surface area contributed by atoms with Gasteiger partial charge in [-0.3, -0.25) is 9.98 Å². The molecule has 154 valence electrons. The van der Waals surface area contributed by atoms with Crippen molar-refractivity contribution in [2.45, 2.75) is 19.6 Å². The molecule has 2 N–H and O–H groups in total. The number of pyridine rings is 1. The van der Waals surface area contributed by atoms with E-state index in [9.17, 15) is 0 Å². The van der Waals surface area contributed by atoms with E-state index < -0.39 is 0 Å². The SMILES string of the molecule is CN=C(NCc1ccnc2ccccc12)NCc1nccn1Cc1ccccc1.I. The lowest BCUT2D eigenvalue weighted by atomic mass is 10.1. The summed E-state index contributed by atoms with van der Waals surface area (Å²) in [7, 11) is 1.77. The molecule has 0 atom stereocenters. The number of rotatable bonds is 6. The van der Waals surface area contributed by atoms with E-state index in [-0.39, 0.29) is 24.0 Å². The average Bonchev–Trinajstić information content (AvgIpc) is 3.21. The molecular formula is C23H25IN6. The maximum Gasteiger partial charge on any atom is 0.191 e. The van der Waals surface area contributed by atoms with Crippen LogP contribution in [0.25, 0.3) is 10.9 Å². The fourth-order valence-corrected chi connectivity index (χ4v) is 3.30. The van der Waals surface area contributed by atoms with Crippen LogP contribution < -0.4 is 10.6 Å². The summed E-state index contributed by atoms with van der Waals surface area (Å²) in [5.74, 6) is 1.70. The van der Waals surface area contributed by atoms with Gasteiger partial charge in [0, 0.05) is 44.1 Å². The standard InChI is InChI=1S/C23H24N6.HI/c1-24-23(27-15-19-11-12-25-21-10-6-5-9-20(19)21)28-16-22-26-13-14-29(22)17-18-7-3-2-4-8-18;/h2-14H,15-17H2,1H3,(H2,24,27,28);1H. The van der Waals surface area contributed by atoms with Gasteiger partial charge in [0.25, 0.3) is 0 Å².